The largest absolute Gasteiger partial charge is 0.369 e. The van der Waals surface area contributed by atoms with Crippen LogP contribution >= 0.6 is 0 Å². The van der Waals surface area contributed by atoms with Gasteiger partial charge in [0.25, 0.3) is 0 Å². The number of aromatic nitrogens is 2. The van der Waals surface area contributed by atoms with Crippen LogP contribution in [0.1, 0.15) is 25.7 Å². The maximum absolute atomic E-state index is 13.7. The first-order valence-electron chi connectivity index (χ1n) is 7.22. The Morgan fingerprint density at radius 1 is 1.25 bits per heavy atom. The van der Waals surface area contributed by atoms with Crippen LogP contribution < -0.4 is 5.73 Å². The number of nitrogens with two attached hydrogens (primary N) is 1. The summed E-state index contributed by atoms with van der Waals surface area (Å²) in [4.78, 5) is 4.06. The number of nitrogens with zero attached hydrogens (tertiary/aromatic N) is 2. The van der Waals surface area contributed by atoms with Crippen molar-refractivity contribution in [3.63, 3.8) is 0 Å². The number of rotatable bonds is 2. The molecule has 4 rings (SSSR count). The molecule has 5 heteroatoms. The highest BCUT2D eigenvalue weighted by atomic mass is 19.1. The fraction of sp³-hybridized carbons (Fsp3) is 0.533. The maximum atomic E-state index is 13.7. The second kappa shape index (κ2) is 4.17. The molecule has 2 bridgehead atoms. The normalized spacial score (nSPS) is 28.6. The van der Waals surface area contributed by atoms with Crippen molar-refractivity contribution in [3.8, 4) is 0 Å². The molecular weight excluding hydrogens is 260 g/mol. The monoisotopic (exact) mass is 277 g/mol. The number of hydrogen-bond acceptors (Lipinski definition) is 2. The predicted octanol–water partition coefficient (Wildman–Crippen LogP) is 3.33. The van der Waals surface area contributed by atoms with E-state index in [1.165, 1.54) is 31.7 Å². The highest BCUT2D eigenvalue weighted by molar-refractivity contribution is 5.79. The number of halogens is 2. The lowest BCUT2D eigenvalue weighted by Crippen LogP contribution is -2.18. The molecule has 2 saturated carbocycles. The minimum Gasteiger partial charge on any atom is -0.369 e. The van der Waals surface area contributed by atoms with Gasteiger partial charge in [0, 0.05) is 18.7 Å². The van der Waals surface area contributed by atoms with Gasteiger partial charge in [-0.05, 0) is 37.0 Å². The molecule has 2 fully saturated rings. The van der Waals surface area contributed by atoms with E-state index in [1.807, 2.05) is 0 Å². The van der Waals surface area contributed by atoms with Crippen LogP contribution in [0.3, 0.4) is 0 Å². The Balaban J connectivity index is 1.74. The van der Waals surface area contributed by atoms with Crippen LogP contribution in [0.4, 0.5) is 14.7 Å². The van der Waals surface area contributed by atoms with Gasteiger partial charge in [0.1, 0.15) is 11.3 Å². The van der Waals surface area contributed by atoms with Gasteiger partial charge in [-0.25, -0.2) is 13.8 Å². The number of hydrogen-bond donors (Lipinski definition) is 1. The zero-order valence-corrected chi connectivity index (χ0v) is 11.1. The third-order valence-electron chi connectivity index (χ3n) is 5.10. The van der Waals surface area contributed by atoms with Crippen LogP contribution in [0.5, 0.6) is 0 Å². The number of fused-ring (bicyclic) bond motifs is 3. The second-order valence-corrected chi connectivity index (χ2v) is 6.27. The van der Waals surface area contributed by atoms with Gasteiger partial charge in [-0.15, -0.1) is 0 Å². The van der Waals surface area contributed by atoms with E-state index in [2.05, 4.69) is 4.98 Å². The molecule has 2 aromatic rings. The van der Waals surface area contributed by atoms with Gasteiger partial charge >= 0.3 is 0 Å². The summed E-state index contributed by atoms with van der Waals surface area (Å²) in [5.41, 5.74) is 6.56. The van der Waals surface area contributed by atoms with Gasteiger partial charge in [-0.1, -0.05) is 6.42 Å². The average molecular weight is 277 g/mol. The van der Waals surface area contributed by atoms with Gasteiger partial charge < -0.3 is 10.3 Å². The molecule has 0 radical (unpaired) electrons. The highest BCUT2D eigenvalue weighted by Crippen LogP contribution is 2.49. The van der Waals surface area contributed by atoms with Crippen LogP contribution in [0, 0.1) is 29.4 Å². The fourth-order valence-corrected chi connectivity index (χ4v) is 4.19. The van der Waals surface area contributed by atoms with Crippen LogP contribution in [0.25, 0.3) is 11.0 Å². The molecule has 2 aliphatic rings. The quantitative estimate of drug-likeness (QED) is 0.915. The zero-order valence-electron chi connectivity index (χ0n) is 11.1. The molecule has 2 N–H and O–H groups in total. The minimum atomic E-state index is -0.640. The number of benzene rings is 1. The van der Waals surface area contributed by atoms with Crippen molar-refractivity contribution in [2.24, 2.45) is 17.8 Å². The van der Waals surface area contributed by atoms with E-state index in [-0.39, 0.29) is 11.5 Å². The molecule has 106 valence electrons. The van der Waals surface area contributed by atoms with E-state index in [0.29, 0.717) is 11.4 Å². The lowest BCUT2D eigenvalue weighted by atomic mass is 9.89. The maximum Gasteiger partial charge on any atom is 0.201 e. The summed E-state index contributed by atoms with van der Waals surface area (Å²) < 4.78 is 28.9. The van der Waals surface area contributed by atoms with Crippen molar-refractivity contribution >= 4 is 17.0 Å². The predicted molar refractivity (Wildman–Crippen MR) is 73.0 cm³/mol. The molecule has 20 heavy (non-hydrogen) atoms. The summed E-state index contributed by atoms with van der Waals surface area (Å²) in [6, 6.07) is 2.19. The van der Waals surface area contributed by atoms with E-state index in [9.17, 15) is 8.78 Å². The number of anilines is 1. The molecule has 2 aliphatic carbocycles. The SMILES string of the molecule is Nc1nc2c(F)cc(F)cc2n1CC1CC2CCC1C2. The van der Waals surface area contributed by atoms with Crippen LogP contribution in [0.15, 0.2) is 12.1 Å². The van der Waals surface area contributed by atoms with E-state index in [0.717, 1.165) is 24.4 Å². The number of nitrogen functional groups attached to an aromatic ring is 1. The van der Waals surface area contributed by atoms with Crippen molar-refractivity contribution in [1.82, 2.24) is 9.55 Å². The molecule has 0 saturated heterocycles. The summed E-state index contributed by atoms with van der Waals surface area (Å²) in [5, 5.41) is 0. The Bertz CT molecular complexity index is 679. The first-order valence-corrected chi connectivity index (χ1v) is 7.22. The third kappa shape index (κ3) is 1.72. The summed E-state index contributed by atoms with van der Waals surface area (Å²) in [7, 11) is 0. The molecule has 3 atom stereocenters. The van der Waals surface area contributed by atoms with Crippen molar-refractivity contribution in [1.29, 1.82) is 0 Å². The van der Waals surface area contributed by atoms with Crippen LogP contribution in [0.2, 0.25) is 0 Å². The van der Waals surface area contributed by atoms with Crippen molar-refractivity contribution in [2.75, 3.05) is 5.73 Å². The smallest absolute Gasteiger partial charge is 0.201 e. The Hall–Kier alpha value is -1.65. The second-order valence-electron chi connectivity index (χ2n) is 6.27. The molecule has 0 amide bonds. The third-order valence-corrected chi connectivity index (χ3v) is 5.10. The lowest BCUT2D eigenvalue weighted by Gasteiger charge is -2.22. The molecule has 1 aromatic heterocycles. The molecule has 3 nitrogen and oxygen atoms in total. The van der Waals surface area contributed by atoms with Crippen LogP contribution in [-0.2, 0) is 6.54 Å². The fourth-order valence-electron chi connectivity index (χ4n) is 4.19. The minimum absolute atomic E-state index is 0.173. The Morgan fingerprint density at radius 3 is 2.80 bits per heavy atom. The molecule has 1 aromatic carbocycles. The van der Waals surface area contributed by atoms with Crippen LogP contribution in [-0.4, -0.2) is 9.55 Å². The van der Waals surface area contributed by atoms with Gasteiger partial charge in [0.2, 0.25) is 5.95 Å². The van der Waals surface area contributed by atoms with Gasteiger partial charge in [0.05, 0.1) is 5.52 Å². The molecule has 1 heterocycles. The molecule has 0 aliphatic heterocycles. The molecular formula is C15H17F2N3. The highest BCUT2D eigenvalue weighted by Gasteiger charge is 2.39. The van der Waals surface area contributed by atoms with E-state index < -0.39 is 11.6 Å². The first-order chi connectivity index (χ1) is 9.61. The van der Waals surface area contributed by atoms with Crippen molar-refractivity contribution in [3.05, 3.63) is 23.8 Å². The molecule has 0 spiro atoms. The average Bonchev–Trinajstić information content (AvgIpc) is 3.07. The summed E-state index contributed by atoms with van der Waals surface area (Å²) >= 11 is 0. The standard InChI is InChI=1S/C15H17F2N3/c16-11-5-12(17)14-13(6-11)20(15(18)19-14)7-10-4-8-1-2-9(10)3-8/h5-6,8-10H,1-4,7H2,(H2,18,19). The van der Waals surface area contributed by atoms with Gasteiger partial charge in [-0.3, -0.25) is 0 Å². The Labute approximate surface area is 115 Å². The lowest BCUT2D eigenvalue weighted by molar-refractivity contribution is 0.300. The number of imidazole rings is 1. The first kappa shape index (κ1) is 12.1. The van der Waals surface area contributed by atoms with E-state index in [1.54, 1.807) is 4.57 Å². The zero-order chi connectivity index (χ0) is 13.9. The Morgan fingerprint density at radius 2 is 2.10 bits per heavy atom. The summed E-state index contributed by atoms with van der Waals surface area (Å²) in [6.45, 7) is 0.729. The van der Waals surface area contributed by atoms with Crippen molar-refractivity contribution in [2.45, 2.75) is 32.2 Å². The Kier molecular flexibility index (Phi) is 2.53. The summed E-state index contributed by atoms with van der Waals surface area (Å²) in [6.07, 6.45) is 5.14. The van der Waals surface area contributed by atoms with E-state index in [4.69, 9.17) is 5.73 Å². The molecule has 3 unspecified atom stereocenters. The van der Waals surface area contributed by atoms with Gasteiger partial charge in [0.15, 0.2) is 5.82 Å². The topological polar surface area (TPSA) is 43.8 Å². The van der Waals surface area contributed by atoms with E-state index >= 15 is 0 Å². The summed E-state index contributed by atoms with van der Waals surface area (Å²) in [5.74, 6) is 1.22. The van der Waals surface area contributed by atoms with Gasteiger partial charge in [-0.2, -0.15) is 0 Å². The van der Waals surface area contributed by atoms with Crippen molar-refractivity contribution < 1.29 is 8.78 Å².